The summed E-state index contributed by atoms with van der Waals surface area (Å²) in [6, 6.07) is 3.09. The lowest BCUT2D eigenvalue weighted by molar-refractivity contribution is -0.114. The summed E-state index contributed by atoms with van der Waals surface area (Å²) in [6.07, 6.45) is 1.45. The van der Waals surface area contributed by atoms with Crippen LogP contribution in [0.2, 0.25) is 0 Å². The van der Waals surface area contributed by atoms with E-state index in [2.05, 4.69) is 25.6 Å². The first-order valence-electron chi connectivity index (χ1n) is 8.61. The van der Waals surface area contributed by atoms with Gasteiger partial charge in [-0.25, -0.2) is 15.0 Å². The second kappa shape index (κ2) is 8.87. The van der Waals surface area contributed by atoms with Crippen molar-refractivity contribution < 1.29 is 18.3 Å². The molecule has 2 aromatic heterocycles. The molecule has 0 unspecified atom stereocenters. The highest BCUT2D eigenvalue weighted by Gasteiger charge is 2.29. The van der Waals surface area contributed by atoms with E-state index in [1.54, 1.807) is 13.0 Å². The number of nitrogens with one attached hydrogen (secondary N) is 2. The Balaban J connectivity index is 2.35. The number of likely N-dealkylation sites (N-methyl/N-ethyl adjacent to an activating group) is 1. The van der Waals surface area contributed by atoms with E-state index in [1.165, 1.54) is 19.2 Å². The molecule has 0 aliphatic rings. The van der Waals surface area contributed by atoms with Crippen LogP contribution >= 0.6 is 0 Å². The lowest BCUT2D eigenvalue weighted by Crippen LogP contribution is -2.20. The fraction of sp³-hybridized carbons (Fsp3) is 0.444. The molecule has 0 aliphatic carbocycles. The molecule has 10 heteroatoms. The van der Waals surface area contributed by atoms with Gasteiger partial charge in [-0.05, 0) is 21.0 Å². The van der Waals surface area contributed by atoms with E-state index in [0.29, 0.717) is 36.1 Å². The molecule has 152 valence electrons. The van der Waals surface area contributed by atoms with E-state index in [1.807, 2.05) is 19.0 Å². The van der Waals surface area contributed by atoms with Crippen molar-refractivity contribution in [2.45, 2.75) is 26.7 Å². The van der Waals surface area contributed by atoms with Crippen molar-refractivity contribution in [3.63, 3.8) is 0 Å². The summed E-state index contributed by atoms with van der Waals surface area (Å²) in [5.41, 5.74) is 0.821. The molecule has 0 aromatic carbocycles. The number of hydrogen-bond donors (Lipinski definition) is 2. The number of hydrogen-bond acceptors (Lipinski definition) is 7. The van der Waals surface area contributed by atoms with Crippen LogP contribution in [-0.2, 0) is 10.7 Å². The number of carbonyl (C=O) groups is 1. The van der Waals surface area contributed by atoms with Gasteiger partial charge in [-0.3, -0.25) is 4.79 Å². The number of aromatic nitrogens is 3. The van der Waals surface area contributed by atoms with Crippen molar-refractivity contribution >= 4 is 23.2 Å². The number of halogens is 2. The molecule has 0 atom stereocenters. The molecule has 8 nitrogen and oxygen atoms in total. The first-order chi connectivity index (χ1) is 13.0. The first kappa shape index (κ1) is 21.4. The monoisotopic (exact) mass is 394 g/mol. The Morgan fingerprint density at radius 2 is 1.96 bits per heavy atom. The zero-order valence-electron chi connectivity index (χ0n) is 16.5. The highest BCUT2D eigenvalue weighted by atomic mass is 19.3. The highest BCUT2D eigenvalue weighted by Crippen LogP contribution is 2.30. The zero-order valence-corrected chi connectivity index (χ0v) is 16.5. The first-order valence-corrected chi connectivity index (χ1v) is 8.61. The van der Waals surface area contributed by atoms with Gasteiger partial charge in [-0.15, -0.1) is 0 Å². The van der Waals surface area contributed by atoms with Gasteiger partial charge < -0.3 is 20.3 Å². The van der Waals surface area contributed by atoms with E-state index in [-0.39, 0.29) is 11.7 Å². The van der Waals surface area contributed by atoms with E-state index in [9.17, 15) is 13.6 Å². The number of rotatable bonds is 8. The minimum atomic E-state index is -3.17. The molecule has 2 aromatic rings. The van der Waals surface area contributed by atoms with Crippen LogP contribution in [0.1, 0.15) is 25.4 Å². The maximum absolute atomic E-state index is 13.6. The summed E-state index contributed by atoms with van der Waals surface area (Å²) in [5, 5.41) is 5.54. The Morgan fingerprint density at radius 3 is 2.57 bits per heavy atom. The molecule has 2 rings (SSSR count). The molecule has 0 spiro atoms. The second-order valence-corrected chi connectivity index (χ2v) is 6.63. The molecule has 0 aliphatic heterocycles. The van der Waals surface area contributed by atoms with Gasteiger partial charge >= 0.3 is 5.92 Å². The molecule has 0 bridgehead atoms. The van der Waals surface area contributed by atoms with Gasteiger partial charge in [0, 0.05) is 38.2 Å². The Hall–Kier alpha value is -2.88. The maximum atomic E-state index is 13.6. The molecular weight excluding hydrogens is 370 g/mol. The number of nitrogens with zero attached hydrogens (tertiary/aromatic N) is 4. The lowest BCUT2D eigenvalue weighted by atomic mass is 10.3. The average molecular weight is 394 g/mol. The van der Waals surface area contributed by atoms with Crippen LogP contribution < -0.4 is 15.4 Å². The fourth-order valence-electron chi connectivity index (χ4n) is 2.21. The SMILES string of the molecule is CC(=O)Nc1cc(Nc2cc(C)nc(C(C)(F)F)n2)c(OCCN(C)C)cn1. The molecule has 0 saturated carbocycles. The predicted octanol–water partition coefficient (Wildman–Crippen LogP) is 2.93. The van der Waals surface area contributed by atoms with Crippen molar-refractivity contribution in [1.82, 2.24) is 19.9 Å². The van der Waals surface area contributed by atoms with E-state index < -0.39 is 11.7 Å². The Bertz CT molecular complexity index is 839. The van der Waals surface area contributed by atoms with Gasteiger partial charge in [-0.2, -0.15) is 8.78 Å². The van der Waals surface area contributed by atoms with Gasteiger partial charge in [0.1, 0.15) is 18.2 Å². The fourth-order valence-corrected chi connectivity index (χ4v) is 2.21. The number of amides is 1. The maximum Gasteiger partial charge on any atom is 0.303 e. The summed E-state index contributed by atoms with van der Waals surface area (Å²) in [7, 11) is 3.83. The third-order valence-electron chi connectivity index (χ3n) is 3.48. The number of anilines is 3. The van der Waals surface area contributed by atoms with E-state index in [0.717, 1.165) is 6.92 Å². The summed E-state index contributed by atoms with van der Waals surface area (Å²) in [4.78, 5) is 25.1. The topological polar surface area (TPSA) is 92.3 Å². The summed E-state index contributed by atoms with van der Waals surface area (Å²) in [6.45, 7) is 4.77. The van der Waals surface area contributed by atoms with Crippen LogP contribution in [0.3, 0.4) is 0 Å². The Labute approximate surface area is 162 Å². The lowest BCUT2D eigenvalue weighted by Gasteiger charge is -2.17. The standard InChI is InChI=1S/C18H24F2N6O2/c1-11-8-16(25-17(22-11)18(3,19)20)24-13-9-15(23-12(2)27)21-10-14(13)28-7-6-26(4)5/h8-10H,6-7H2,1-5H3,(H2,21,22,23,24,25,27). The smallest absolute Gasteiger partial charge is 0.303 e. The second-order valence-electron chi connectivity index (χ2n) is 6.63. The van der Waals surface area contributed by atoms with Gasteiger partial charge in [-0.1, -0.05) is 0 Å². The Morgan fingerprint density at radius 1 is 1.25 bits per heavy atom. The molecule has 2 heterocycles. The van der Waals surface area contributed by atoms with Crippen molar-refractivity contribution in [2.24, 2.45) is 0 Å². The van der Waals surface area contributed by atoms with Crippen LogP contribution in [0.4, 0.5) is 26.1 Å². The number of ether oxygens (including phenoxy) is 1. The van der Waals surface area contributed by atoms with E-state index in [4.69, 9.17) is 4.74 Å². The normalized spacial score (nSPS) is 11.4. The number of alkyl halides is 2. The quantitative estimate of drug-likeness (QED) is 0.711. The zero-order chi connectivity index (χ0) is 20.9. The van der Waals surface area contributed by atoms with Crippen molar-refractivity contribution in [1.29, 1.82) is 0 Å². The van der Waals surface area contributed by atoms with E-state index >= 15 is 0 Å². The molecule has 0 fully saturated rings. The Kier molecular flexibility index (Phi) is 6.79. The summed E-state index contributed by atoms with van der Waals surface area (Å²) in [5.74, 6) is -3.17. The number of aryl methyl sites for hydroxylation is 1. The largest absolute Gasteiger partial charge is 0.488 e. The van der Waals surface area contributed by atoms with Crippen LogP contribution in [0.5, 0.6) is 5.75 Å². The average Bonchev–Trinajstić information content (AvgIpc) is 2.54. The molecule has 0 saturated heterocycles. The molecule has 1 amide bonds. The summed E-state index contributed by atoms with van der Waals surface area (Å²) >= 11 is 0. The van der Waals surface area contributed by atoms with Gasteiger partial charge in [0.25, 0.3) is 0 Å². The van der Waals surface area contributed by atoms with Gasteiger partial charge in [0.2, 0.25) is 11.7 Å². The van der Waals surface area contributed by atoms with Crippen LogP contribution in [0.25, 0.3) is 0 Å². The van der Waals surface area contributed by atoms with Crippen molar-refractivity contribution in [3.8, 4) is 5.75 Å². The third-order valence-corrected chi connectivity index (χ3v) is 3.48. The van der Waals surface area contributed by atoms with Gasteiger partial charge in [0.15, 0.2) is 5.75 Å². The van der Waals surface area contributed by atoms with Crippen LogP contribution in [0.15, 0.2) is 18.3 Å². The number of carbonyl (C=O) groups excluding carboxylic acids is 1. The minimum absolute atomic E-state index is 0.182. The highest BCUT2D eigenvalue weighted by molar-refractivity contribution is 5.88. The molecule has 2 N–H and O–H groups in total. The van der Waals surface area contributed by atoms with Crippen LogP contribution in [0, 0.1) is 6.92 Å². The number of pyridine rings is 1. The third kappa shape index (κ3) is 6.38. The molecule has 28 heavy (non-hydrogen) atoms. The molecule has 0 radical (unpaired) electrons. The van der Waals surface area contributed by atoms with Gasteiger partial charge in [0.05, 0.1) is 11.9 Å². The predicted molar refractivity (Wildman–Crippen MR) is 102 cm³/mol. The van der Waals surface area contributed by atoms with Crippen molar-refractivity contribution in [2.75, 3.05) is 37.9 Å². The molecular formula is C18H24F2N6O2. The minimum Gasteiger partial charge on any atom is -0.488 e. The van der Waals surface area contributed by atoms with Crippen LogP contribution in [-0.4, -0.2) is 53.0 Å². The van der Waals surface area contributed by atoms with Crippen molar-refractivity contribution in [3.05, 3.63) is 29.8 Å². The summed E-state index contributed by atoms with van der Waals surface area (Å²) < 4.78 is 33.0.